The van der Waals surface area contributed by atoms with Crippen molar-refractivity contribution in [3.05, 3.63) is 29.4 Å². The van der Waals surface area contributed by atoms with Crippen molar-refractivity contribution in [2.24, 2.45) is 0 Å². The van der Waals surface area contributed by atoms with E-state index >= 15 is 0 Å². The van der Waals surface area contributed by atoms with Crippen LogP contribution in [0.4, 0.5) is 0 Å². The molecule has 0 saturated heterocycles. The lowest BCUT2D eigenvalue weighted by Gasteiger charge is -2.00. The molecule has 0 aliphatic heterocycles. The Morgan fingerprint density at radius 1 is 1.67 bits per heavy atom. The van der Waals surface area contributed by atoms with Gasteiger partial charge in [-0.05, 0) is 13.0 Å². The van der Waals surface area contributed by atoms with Crippen LogP contribution in [0.1, 0.15) is 17.3 Å². The highest BCUT2D eigenvalue weighted by molar-refractivity contribution is 7.13. The highest BCUT2D eigenvalue weighted by atomic mass is 32.1. The summed E-state index contributed by atoms with van der Waals surface area (Å²) in [5.41, 5.74) is 0.320. The van der Waals surface area contributed by atoms with E-state index in [2.05, 4.69) is 4.98 Å². The van der Waals surface area contributed by atoms with Crippen molar-refractivity contribution in [3.63, 3.8) is 0 Å². The summed E-state index contributed by atoms with van der Waals surface area (Å²) in [5.74, 6) is -0.0675. The van der Waals surface area contributed by atoms with Gasteiger partial charge in [0.25, 0.3) is 0 Å². The molecule has 0 aliphatic rings. The Bertz CT molecular complexity index is 487. The molecule has 15 heavy (non-hydrogen) atoms. The predicted octanol–water partition coefficient (Wildman–Crippen LogP) is 2.33. The number of aryl methyl sites for hydroxylation is 1. The Morgan fingerprint density at radius 3 is 3.07 bits per heavy atom. The Hall–Kier alpha value is -1.62. The molecule has 78 valence electrons. The number of aromatic nitrogens is 2. The van der Waals surface area contributed by atoms with E-state index in [0.717, 1.165) is 17.2 Å². The maximum absolute atomic E-state index is 10.7. The maximum Gasteiger partial charge on any atom is 0.336 e. The fourth-order valence-corrected chi connectivity index (χ4v) is 2.25. The van der Waals surface area contributed by atoms with Crippen LogP contribution in [0.5, 0.6) is 0 Å². The van der Waals surface area contributed by atoms with Gasteiger partial charge in [-0.15, -0.1) is 11.3 Å². The van der Waals surface area contributed by atoms with Crippen molar-refractivity contribution < 1.29 is 9.90 Å². The number of nitrogens with zero attached hydrogens (tertiary/aromatic N) is 2. The number of imidazole rings is 1. The molecule has 0 amide bonds. The van der Waals surface area contributed by atoms with Gasteiger partial charge in [0.15, 0.2) is 0 Å². The Morgan fingerprint density at radius 2 is 2.47 bits per heavy atom. The van der Waals surface area contributed by atoms with Gasteiger partial charge >= 0.3 is 5.97 Å². The third-order valence-electron chi connectivity index (χ3n) is 2.12. The van der Waals surface area contributed by atoms with E-state index in [0.29, 0.717) is 5.56 Å². The summed E-state index contributed by atoms with van der Waals surface area (Å²) in [4.78, 5) is 15.8. The lowest BCUT2D eigenvalue weighted by atomic mass is 10.3. The molecular formula is C10H10N2O2S. The van der Waals surface area contributed by atoms with Gasteiger partial charge in [0.05, 0.1) is 10.4 Å². The summed E-state index contributed by atoms with van der Waals surface area (Å²) < 4.78 is 1.98. The normalized spacial score (nSPS) is 10.5. The first-order valence-corrected chi connectivity index (χ1v) is 5.43. The van der Waals surface area contributed by atoms with E-state index in [4.69, 9.17) is 5.11 Å². The number of rotatable bonds is 3. The number of hydrogen-bond donors (Lipinski definition) is 1. The lowest BCUT2D eigenvalue weighted by Crippen LogP contribution is -1.95. The number of aromatic carboxylic acids is 1. The van der Waals surface area contributed by atoms with Crippen molar-refractivity contribution in [2.45, 2.75) is 13.5 Å². The molecule has 0 unspecified atom stereocenters. The SMILES string of the molecule is CCn1ccnc1-c1cc(C(=O)O)cs1. The number of thiophene rings is 1. The van der Waals surface area contributed by atoms with Crippen LogP contribution in [-0.2, 0) is 6.54 Å². The summed E-state index contributed by atoms with van der Waals surface area (Å²) in [6, 6.07) is 1.65. The molecule has 5 heteroatoms. The van der Waals surface area contributed by atoms with E-state index in [9.17, 15) is 4.79 Å². The Labute approximate surface area is 90.8 Å². The first-order valence-electron chi connectivity index (χ1n) is 4.55. The molecule has 0 bridgehead atoms. The molecule has 0 fully saturated rings. The molecule has 0 aromatic carbocycles. The number of carboxylic acids is 1. The van der Waals surface area contributed by atoms with Gasteiger partial charge in [-0.25, -0.2) is 9.78 Å². The standard InChI is InChI=1S/C10H10N2O2S/c1-2-12-4-3-11-9(12)8-5-7(6-15-8)10(13)14/h3-6H,2H2,1H3,(H,13,14). The molecular weight excluding hydrogens is 212 g/mol. The third kappa shape index (κ3) is 1.78. The van der Waals surface area contributed by atoms with Gasteiger partial charge < -0.3 is 9.67 Å². The van der Waals surface area contributed by atoms with Gasteiger partial charge in [-0.2, -0.15) is 0 Å². The van der Waals surface area contributed by atoms with Gasteiger partial charge in [-0.1, -0.05) is 0 Å². The van der Waals surface area contributed by atoms with Crippen molar-refractivity contribution in [3.8, 4) is 10.7 Å². The zero-order valence-corrected chi connectivity index (χ0v) is 8.99. The predicted molar refractivity (Wildman–Crippen MR) is 58.2 cm³/mol. The van der Waals surface area contributed by atoms with Crippen molar-refractivity contribution >= 4 is 17.3 Å². The highest BCUT2D eigenvalue weighted by Crippen LogP contribution is 2.25. The van der Waals surface area contributed by atoms with Gasteiger partial charge in [0, 0.05) is 24.3 Å². The fraction of sp³-hybridized carbons (Fsp3) is 0.200. The molecule has 0 radical (unpaired) electrons. The molecule has 2 aromatic rings. The molecule has 2 aromatic heterocycles. The topological polar surface area (TPSA) is 55.1 Å². The van der Waals surface area contributed by atoms with E-state index in [-0.39, 0.29) is 0 Å². The smallest absolute Gasteiger partial charge is 0.336 e. The van der Waals surface area contributed by atoms with Crippen LogP contribution in [0.2, 0.25) is 0 Å². The number of carboxylic acid groups (broad SMARTS) is 1. The monoisotopic (exact) mass is 222 g/mol. The van der Waals surface area contributed by atoms with E-state index in [1.165, 1.54) is 11.3 Å². The number of carbonyl (C=O) groups is 1. The Kier molecular flexibility index (Phi) is 2.55. The lowest BCUT2D eigenvalue weighted by molar-refractivity contribution is 0.0697. The van der Waals surface area contributed by atoms with Crippen LogP contribution in [-0.4, -0.2) is 20.6 Å². The molecule has 2 rings (SSSR count). The van der Waals surface area contributed by atoms with Crippen LogP contribution in [0, 0.1) is 0 Å². The third-order valence-corrected chi connectivity index (χ3v) is 3.05. The van der Waals surface area contributed by atoms with E-state index in [1.54, 1.807) is 17.6 Å². The van der Waals surface area contributed by atoms with Gasteiger partial charge in [-0.3, -0.25) is 0 Å². The molecule has 0 saturated carbocycles. The molecule has 0 spiro atoms. The zero-order chi connectivity index (χ0) is 10.8. The largest absolute Gasteiger partial charge is 0.478 e. The summed E-state index contributed by atoms with van der Waals surface area (Å²) in [5, 5.41) is 10.4. The molecule has 1 N–H and O–H groups in total. The maximum atomic E-state index is 10.7. The van der Waals surface area contributed by atoms with E-state index < -0.39 is 5.97 Å². The summed E-state index contributed by atoms with van der Waals surface area (Å²) in [6.45, 7) is 2.85. The fourth-order valence-electron chi connectivity index (χ4n) is 1.36. The minimum absolute atomic E-state index is 0.320. The average Bonchev–Trinajstić information content (AvgIpc) is 2.85. The molecule has 0 aliphatic carbocycles. The van der Waals surface area contributed by atoms with Crippen molar-refractivity contribution in [1.82, 2.24) is 9.55 Å². The van der Waals surface area contributed by atoms with E-state index in [1.807, 2.05) is 17.7 Å². The first kappa shape index (κ1) is 9.92. The average molecular weight is 222 g/mol. The second-order valence-corrected chi connectivity index (χ2v) is 3.95. The molecule has 2 heterocycles. The Balaban J connectivity index is 2.41. The highest BCUT2D eigenvalue weighted by Gasteiger charge is 2.11. The number of hydrogen-bond acceptors (Lipinski definition) is 3. The van der Waals surface area contributed by atoms with Crippen molar-refractivity contribution in [2.75, 3.05) is 0 Å². The van der Waals surface area contributed by atoms with Crippen LogP contribution in [0.15, 0.2) is 23.8 Å². The van der Waals surface area contributed by atoms with Crippen LogP contribution in [0.25, 0.3) is 10.7 Å². The van der Waals surface area contributed by atoms with Crippen molar-refractivity contribution in [1.29, 1.82) is 0 Å². The summed E-state index contributed by atoms with van der Waals surface area (Å²) in [6.07, 6.45) is 3.61. The second kappa shape index (κ2) is 3.86. The minimum atomic E-state index is -0.896. The quantitative estimate of drug-likeness (QED) is 0.867. The zero-order valence-electron chi connectivity index (χ0n) is 8.17. The van der Waals surface area contributed by atoms with Crippen LogP contribution < -0.4 is 0 Å². The molecule has 0 atom stereocenters. The first-order chi connectivity index (χ1) is 7.22. The van der Waals surface area contributed by atoms with Gasteiger partial charge in [0.2, 0.25) is 0 Å². The second-order valence-electron chi connectivity index (χ2n) is 3.04. The minimum Gasteiger partial charge on any atom is -0.478 e. The summed E-state index contributed by atoms with van der Waals surface area (Å²) >= 11 is 1.40. The van der Waals surface area contributed by atoms with Crippen LogP contribution in [0.3, 0.4) is 0 Å². The molecule has 4 nitrogen and oxygen atoms in total. The van der Waals surface area contributed by atoms with Gasteiger partial charge in [0.1, 0.15) is 5.82 Å². The van der Waals surface area contributed by atoms with Crippen LogP contribution >= 0.6 is 11.3 Å². The summed E-state index contributed by atoms with van der Waals surface area (Å²) in [7, 11) is 0.